The van der Waals surface area contributed by atoms with Gasteiger partial charge in [-0.2, -0.15) is 0 Å². The third kappa shape index (κ3) is 6.51. The van der Waals surface area contributed by atoms with E-state index in [4.69, 9.17) is 25.8 Å². The predicted octanol–water partition coefficient (Wildman–Crippen LogP) is 6.59. The summed E-state index contributed by atoms with van der Waals surface area (Å²) in [5, 5.41) is 17.0. The molecular formula is C30H32N4O3S. The van der Waals surface area contributed by atoms with E-state index in [0.29, 0.717) is 29.7 Å². The van der Waals surface area contributed by atoms with Crippen LogP contribution in [0.4, 0.5) is 5.13 Å². The van der Waals surface area contributed by atoms with Gasteiger partial charge < -0.3 is 15.2 Å². The van der Waals surface area contributed by atoms with Crippen molar-refractivity contribution in [2.24, 2.45) is 5.92 Å². The van der Waals surface area contributed by atoms with Crippen molar-refractivity contribution in [3.05, 3.63) is 94.4 Å². The largest absolute Gasteiger partial charge is 0.489 e. The highest BCUT2D eigenvalue weighted by Crippen LogP contribution is 2.36. The fraction of sp³-hybridized carbons (Fsp3) is 0.267. The molecule has 0 aliphatic heterocycles. The van der Waals surface area contributed by atoms with E-state index in [2.05, 4.69) is 17.1 Å². The van der Waals surface area contributed by atoms with Crippen molar-refractivity contribution < 1.29 is 14.7 Å². The predicted molar refractivity (Wildman–Crippen MR) is 151 cm³/mol. The van der Waals surface area contributed by atoms with Gasteiger partial charge in [0, 0.05) is 16.0 Å². The summed E-state index contributed by atoms with van der Waals surface area (Å²) in [6.45, 7) is 0.908. The Labute approximate surface area is 226 Å². The van der Waals surface area contributed by atoms with Gasteiger partial charge in [-0.25, -0.2) is 4.98 Å². The van der Waals surface area contributed by atoms with Crippen LogP contribution in [0, 0.1) is 11.3 Å². The first-order valence-corrected chi connectivity index (χ1v) is 13.7. The van der Waals surface area contributed by atoms with Gasteiger partial charge in [-0.3, -0.25) is 16.1 Å². The third-order valence-electron chi connectivity index (χ3n) is 6.88. The molecule has 1 saturated carbocycles. The third-order valence-corrected chi connectivity index (χ3v) is 7.79. The molecule has 196 valence electrons. The van der Waals surface area contributed by atoms with Crippen LogP contribution in [0.25, 0.3) is 11.3 Å². The number of nitrogens with two attached hydrogens (primary N) is 1. The molecule has 5 rings (SSSR count). The lowest BCUT2D eigenvalue weighted by atomic mass is 10.0. The summed E-state index contributed by atoms with van der Waals surface area (Å²) in [5.74, 6) is 2.21. The van der Waals surface area contributed by atoms with Crippen molar-refractivity contribution in [3.63, 3.8) is 0 Å². The molecule has 0 amide bonds. The lowest BCUT2D eigenvalue weighted by molar-refractivity contribution is 0.234. The average molecular weight is 529 g/mol. The van der Waals surface area contributed by atoms with Crippen LogP contribution in [0.1, 0.15) is 47.3 Å². The Morgan fingerprint density at radius 2 is 1.45 bits per heavy atom. The van der Waals surface area contributed by atoms with Crippen LogP contribution >= 0.6 is 11.3 Å². The molecule has 4 aromatic rings. The maximum absolute atomic E-state index is 8.82. The van der Waals surface area contributed by atoms with E-state index in [1.54, 1.807) is 35.6 Å². The zero-order valence-electron chi connectivity index (χ0n) is 21.2. The summed E-state index contributed by atoms with van der Waals surface area (Å²) in [5.41, 5.74) is 12.7. The van der Waals surface area contributed by atoms with Crippen LogP contribution < -0.4 is 20.7 Å². The van der Waals surface area contributed by atoms with Crippen molar-refractivity contribution in [2.75, 3.05) is 5.73 Å². The van der Waals surface area contributed by atoms with Crippen molar-refractivity contribution in [2.45, 2.75) is 45.3 Å². The molecule has 1 fully saturated rings. The molecular weight excluding hydrogens is 496 g/mol. The number of aromatic nitrogens is 1. The molecule has 1 aromatic heterocycles. The number of nitrogen functional groups attached to an aromatic ring is 1. The first-order chi connectivity index (χ1) is 18.6. The fourth-order valence-corrected chi connectivity index (χ4v) is 5.74. The SMILES string of the molecule is N=C(NO)c1ccc(OCc2ccc(COc3ccc(-c4nc(N)sc4CC4CCCC4)cc3)cc2)cc1. The molecule has 1 aliphatic rings. The van der Waals surface area contributed by atoms with E-state index < -0.39 is 0 Å². The average Bonchev–Trinajstić information content (AvgIpc) is 3.61. The number of hydrogen-bond acceptors (Lipinski definition) is 7. The van der Waals surface area contributed by atoms with Crippen LogP contribution in [0.2, 0.25) is 0 Å². The van der Waals surface area contributed by atoms with Crippen molar-refractivity contribution in [1.29, 1.82) is 5.41 Å². The van der Waals surface area contributed by atoms with Crippen LogP contribution in [0.15, 0.2) is 72.8 Å². The summed E-state index contributed by atoms with van der Waals surface area (Å²) in [6, 6.07) is 23.2. The number of thiazole rings is 1. The van der Waals surface area contributed by atoms with E-state index in [1.807, 2.05) is 41.9 Å². The van der Waals surface area contributed by atoms with Gasteiger partial charge in [0.2, 0.25) is 0 Å². The Morgan fingerprint density at radius 1 is 0.895 bits per heavy atom. The monoisotopic (exact) mass is 528 g/mol. The zero-order valence-corrected chi connectivity index (χ0v) is 22.0. The molecule has 0 unspecified atom stereocenters. The quantitative estimate of drug-likeness (QED) is 0.105. The Kier molecular flexibility index (Phi) is 8.21. The number of hydroxylamine groups is 1. The Balaban J connectivity index is 1.12. The molecule has 1 aliphatic carbocycles. The van der Waals surface area contributed by atoms with Gasteiger partial charge in [0.25, 0.3) is 0 Å². The minimum atomic E-state index is -0.0568. The smallest absolute Gasteiger partial charge is 0.180 e. The molecule has 8 heteroatoms. The molecule has 3 aromatic carbocycles. The van der Waals surface area contributed by atoms with E-state index >= 15 is 0 Å². The minimum absolute atomic E-state index is 0.0568. The molecule has 5 N–H and O–H groups in total. The van der Waals surface area contributed by atoms with Gasteiger partial charge in [-0.05, 0) is 72.0 Å². The number of rotatable bonds is 10. The molecule has 0 saturated heterocycles. The summed E-state index contributed by atoms with van der Waals surface area (Å²) < 4.78 is 11.8. The van der Waals surface area contributed by atoms with Crippen LogP contribution in [0.3, 0.4) is 0 Å². The Morgan fingerprint density at radius 3 is 2.00 bits per heavy atom. The first-order valence-electron chi connectivity index (χ1n) is 12.9. The van der Waals surface area contributed by atoms with E-state index in [1.165, 1.54) is 30.6 Å². The fourth-order valence-electron chi connectivity index (χ4n) is 4.77. The van der Waals surface area contributed by atoms with E-state index in [0.717, 1.165) is 40.5 Å². The van der Waals surface area contributed by atoms with Crippen LogP contribution in [-0.4, -0.2) is 16.0 Å². The number of anilines is 1. The number of nitrogens with one attached hydrogen (secondary N) is 2. The van der Waals surface area contributed by atoms with Gasteiger partial charge in [-0.15, -0.1) is 11.3 Å². The second-order valence-electron chi connectivity index (χ2n) is 9.61. The number of hydrogen-bond donors (Lipinski definition) is 4. The summed E-state index contributed by atoms with van der Waals surface area (Å²) in [4.78, 5) is 5.92. The van der Waals surface area contributed by atoms with Crippen LogP contribution in [0.5, 0.6) is 11.5 Å². The molecule has 0 spiro atoms. The summed E-state index contributed by atoms with van der Waals surface area (Å²) in [7, 11) is 0. The second-order valence-corrected chi connectivity index (χ2v) is 10.7. The van der Waals surface area contributed by atoms with E-state index in [9.17, 15) is 0 Å². The minimum Gasteiger partial charge on any atom is -0.489 e. The zero-order chi connectivity index (χ0) is 26.3. The van der Waals surface area contributed by atoms with Gasteiger partial charge in [0.05, 0.1) is 5.69 Å². The van der Waals surface area contributed by atoms with E-state index in [-0.39, 0.29) is 5.84 Å². The molecule has 0 bridgehead atoms. The molecule has 1 heterocycles. The van der Waals surface area contributed by atoms with Crippen molar-refractivity contribution in [1.82, 2.24) is 10.5 Å². The number of nitrogens with zero attached hydrogens (tertiary/aromatic N) is 1. The highest BCUT2D eigenvalue weighted by atomic mass is 32.1. The molecule has 0 atom stereocenters. The molecule has 38 heavy (non-hydrogen) atoms. The molecule has 0 radical (unpaired) electrons. The first kappa shape index (κ1) is 25.8. The highest BCUT2D eigenvalue weighted by molar-refractivity contribution is 7.15. The normalized spacial score (nSPS) is 13.4. The van der Waals surface area contributed by atoms with Gasteiger partial charge >= 0.3 is 0 Å². The Bertz CT molecular complexity index is 1350. The van der Waals surface area contributed by atoms with Crippen molar-refractivity contribution >= 4 is 22.3 Å². The van der Waals surface area contributed by atoms with Gasteiger partial charge in [0.1, 0.15) is 30.5 Å². The second kappa shape index (κ2) is 12.1. The van der Waals surface area contributed by atoms with Gasteiger partial charge in [0.15, 0.2) is 5.13 Å². The topological polar surface area (TPSA) is 113 Å². The summed E-state index contributed by atoms with van der Waals surface area (Å²) in [6.07, 6.45) is 6.36. The maximum atomic E-state index is 8.82. The van der Waals surface area contributed by atoms with Gasteiger partial charge in [-0.1, -0.05) is 49.9 Å². The molecule has 7 nitrogen and oxygen atoms in total. The lowest BCUT2D eigenvalue weighted by Crippen LogP contribution is -2.18. The standard InChI is InChI=1S/C30H32N4O3S/c31-29(34-35)24-11-15-26(16-12-24)37-19-22-7-5-21(6-8-22)18-36-25-13-9-23(10-14-25)28-27(38-30(32)33-28)17-20-3-1-2-4-20/h5-16,20,35H,1-4,17-19H2,(H2,31,34)(H2,32,33). The van der Waals surface area contributed by atoms with Crippen molar-refractivity contribution in [3.8, 4) is 22.8 Å². The number of amidine groups is 1. The lowest BCUT2D eigenvalue weighted by Gasteiger charge is -2.10. The maximum Gasteiger partial charge on any atom is 0.180 e. The summed E-state index contributed by atoms with van der Waals surface area (Å²) >= 11 is 1.62. The number of benzene rings is 3. The highest BCUT2D eigenvalue weighted by Gasteiger charge is 2.20. The Hall–Kier alpha value is -3.88. The number of ether oxygens (including phenoxy) is 2. The van der Waals surface area contributed by atoms with Crippen LogP contribution in [-0.2, 0) is 19.6 Å².